The molecule has 0 amide bonds. The first-order chi connectivity index (χ1) is 14.3. The van der Waals surface area contributed by atoms with E-state index in [0.717, 1.165) is 17.8 Å². The van der Waals surface area contributed by atoms with E-state index in [4.69, 9.17) is 0 Å². The van der Waals surface area contributed by atoms with Gasteiger partial charge in [-0.1, -0.05) is 82.8 Å². The zero-order valence-corrected chi connectivity index (χ0v) is 19.2. The fourth-order valence-corrected chi connectivity index (χ4v) is 5.79. The molecule has 0 saturated heterocycles. The quantitative estimate of drug-likeness (QED) is 0.307. The number of benzene rings is 1. The van der Waals surface area contributed by atoms with Gasteiger partial charge in [-0.3, -0.25) is 0 Å². The maximum absolute atomic E-state index is 3.61. The van der Waals surface area contributed by atoms with Crippen molar-refractivity contribution in [3.63, 3.8) is 0 Å². The predicted octanol–water partition coefficient (Wildman–Crippen LogP) is 8.57. The summed E-state index contributed by atoms with van der Waals surface area (Å²) in [4.78, 5) is 0. The molecule has 2 fully saturated rings. The van der Waals surface area contributed by atoms with E-state index in [-0.39, 0.29) is 0 Å². The van der Waals surface area contributed by atoms with Gasteiger partial charge in [0.1, 0.15) is 0 Å². The zero-order chi connectivity index (χ0) is 20.3. The van der Waals surface area contributed by atoms with E-state index in [0.29, 0.717) is 5.92 Å². The lowest BCUT2D eigenvalue weighted by molar-refractivity contribution is 0.154. The smallest absolute Gasteiger partial charge is 0.0245 e. The van der Waals surface area contributed by atoms with E-state index in [2.05, 4.69) is 50.0 Å². The molecule has 0 heteroatoms. The zero-order valence-electron chi connectivity index (χ0n) is 19.2. The Morgan fingerprint density at radius 3 is 2.00 bits per heavy atom. The largest absolute Gasteiger partial charge is 0.0945 e. The number of rotatable bonds is 8. The second-order valence-corrected chi connectivity index (χ2v) is 9.96. The maximum atomic E-state index is 3.61. The van der Waals surface area contributed by atoms with Crippen molar-refractivity contribution in [3.05, 3.63) is 35.4 Å². The Hall–Kier alpha value is -1.22. The second-order valence-electron chi connectivity index (χ2n) is 9.96. The van der Waals surface area contributed by atoms with Gasteiger partial charge in [0.25, 0.3) is 0 Å². The van der Waals surface area contributed by atoms with Gasteiger partial charge in [0.2, 0.25) is 0 Å². The SMILES string of the molecule is CCCCCCc1ccc(C#CC2CCC([C@H]3CC[C@H](CCC)CC3)CC2)cc1. The van der Waals surface area contributed by atoms with Crippen LogP contribution in [0.4, 0.5) is 0 Å². The van der Waals surface area contributed by atoms with Crippen molar-refractivity contribution < 1.29 is 0 Å². The van der Waals surface area contributed by atoms with Gasteiger partial charge in [-0.2, -0.15) is 0 Å². The topological polar surface area (TPSA) is 0 Å². The van der Waals surface area contributed by atoms with Crippen LogP contribution < -0.4 is 0 Å². The summed E-state index contributed by atoms with van der Waals surface area (Å²) in [7, 11) is 0. The van der Waals surface area contributed by atoms with Crippen LogP contribution in [-0.2, 0) is 6.42 Å². The summed E-state index contributed by atoms with van der Waals surface area (Å²) in [6.45, 7) is 4.62. The summed E-state index contributed by atoms with van der Waals surface area (Å²) in [5.41, 5.74) is 2.68. The molecule has 0 unspecified atom stereocenters. The molecule has 0 heterocycles. The molecule has 29 heavy (non-hydrogen) atoms. The minimum Gasteiger partial charge on any atom is -0.0945 e. The number of aryl methyl sites for hydroxylation is 1. The van der Waals surface area contributed by atoms with Crippen LogP contribution in [-0.4, -0.2) is 0 Å². The predicted molar refractivity (Wildman–Crippen MR) is 127 cm³/mol. The molecule has 0 nitrogen and oxygen atoms in total. The van der Waals surface area contributed by atoms with E-state index < -0.39 is 0 Å². The van der Waals surface area contributed by atoms with Gasteiger partial charge in [-0.05, 0) is 86.8 Å². The van der Waals surface area contributed by atoms with E-state index >= 15 is 0 Å². The molecular formula is C29H44. The van der Waals surface area contributed by atoms with Crippen molar-refractivity contribution in [2.45, 2.75) is 110 Å². The van der Waals surface area contributed by atoms with Crippen molar-refractivity contribution in [2.75, 3.05) is 0 Å². The molecular weight excluding hydrogens is 348 g/mol. The van der Waals surface area contributed by atoms with E-state index in [9.17, 15) is 0 Å². The lowest BCUT2D eigenvalue weighted by Crippen LogP contribution is -2.25. The molecule has 2 aliphatic carbocycles. The van der Waals surface area contributed by atoms with Crippen LogP contribution in [0.5, 0.6) is 0 Å². The standard InChI is InChI=1S/C29H44/c1-3-5-6-7-9-25-10-12-26(13-11-25)14-15-27-18-22-29(23-19-27)28-20-16-24(8-4-2)17-21-28/h10-13,24,27-29H,3-9,16-23H2,1-2H3/t24-,27?,28-,29?. The fourth-order valence-electron chi connectivity index (χ4n) is 5.79. The van der Waals surface area contributed by atoms with E-state index in [1.54, 1.807) is 0 Å². The monoisotopic (exact) mass is 392 g/mol. The van der Waals surface area contributed by atoms with Gasteiger partial charge < -0.3 is 0 Å². The minimum absolute atomic E-state index is 0.636. The Morgan fingerprint density at radius 1 is 0.724 bits per heavy atom. The van der Waals surface area contributed by atoms with Gasteiger partial charge in [0.15, 0.2) is 0 Å². The van der Waals surface area contributed by atoms with Crippen LogP contribution in [0.1, 0.15) is 115 Å². The van der Waals surface area contributed by atoms with Crippen LogP contribution in [0.3, 0.4) is 0 Å². The third-order valence-corrected chi connectivity index (χ3v) is 7.72. The molecule has 0 atom stereocenters. The van der Waals surface area contributed by atoms with Gasteiger partial charge in [-0.25, -0.2) is 0 Å². The molecule has 160 valence electrons. The van der Waals surface area contributed by atoms with Crippen molar-refractivity contribution in [3.8, 4) is 11.8 Å². The van der Waals surface area contributed by atoms with Crippen LogP contribution >= 0.6 is 0 Å². The summed E-state index contributed by atoms with van der Waals surface area (Å²) in [5.74, 6) is 10.8. The van der Waals surface area contributed by atoms with Crippen molar-refractivity contribution in [1.82, 2.24) is 0 Å². The molecule has 0 N–H and O–H groups in total. The average Bonchev–Trinajstić information content (AvgIpc) is 2.77. The van der Waals surface area contributed by atoms with Gasteiger partial charge >= 0.3 is 0 Å². The number of hydrogen-bond donors (Lipinski definition) is 0. The molecule has 1 aromatic rings. The normalized spacial score (nSPS) is 27.2. The molecule has 0 aliphatic heterocycles. The lowest BCUT2D eigenvalue weighted by atomic mass is 9.69. The third kappa shape index (κ3) is 7.51. The van der Waals surface area contributed by atoms with Crippen LogP contribution in [0.15, 0.2) is 24.3 Å². The molecule has 2 aliphatic rings. The van der Waals surface area contributed by atoms with E-state index in [1.807, 2.05) is 0 Å². The summed E-state index contributed by atoms with van der Waals surface area (Å²) in [5, 5.41) is 0. The fraction of sp³-hybridized carbons (Fsp3) is 0.724. The molecule has 0 bridgehead atoms. The average molecular weight is 393 g/mol. The number of unbranched alkanes of at least 4 members (excludes halogenated alkanes) is 3. The van der Waals surface area contributed by atoms with Crippen molar-refractivity contribution in [2.24, 2.45) is 23.7 Å². The van der Waals surface area contributed by atoms with Crippen molar-refractivity contribution in [1.29, 1.82) is 0 Å². The summed E-state index contributed by atoms with van der Waals surface area (Å²) < 4.78 is 0. The van der Waals surface area contributed by atoms with Crippen molar-refractivity contribution >= 4 is 0 Å². The molecule has 3 rings (SSSR count). The highest BCUT2D eigenvalue weighted by Crippen LogP contribution is 2.42. The van der Waals surface area contributed by atoms with Gasteiger partial charge in [-0.15, -0.1) is 0 Å². The first-order valence-electron chi connectivity index (χ1n) is 12.9. The third-order valence-electron chi connectivity index (χ3n) is 7.72. The summed E-state index contributed by atoms with van der Waals surface area (Å²) in [6, 6.07) is 9.06. The highest BCUT2D eigenvalue weighted by atomic mass is 14.3. The summed E-state index contributed by atoms with van der Waals surface area (Å²) >= 11 is 0. The van der Waals surface area contributed by atoms with Gasteiger partial charge in [0, 0.05) is 11.5 Å². The Balaban J connectivity index is 1.38. The molecule has 0 radical (unpaired) electrons. The highest BCUT2D eigenvalue weighted by molar-refractivity contribution is 5.36. The van der Waals surface area contributed by atoms with Crippen LogP contribution in [0, 0.1) is 35.5 Å². The van der Waals surface area contributed by atoms with Gasteiger partial charge in [0.05, 0.1) is 0 Å². The van der Waals surface area contributed by atoms with E-state index in [1.165, 1.54) is 107 Å². The molecule has 1 aromatic carbocycles. The molecule has 0 spiro atoms. The Kier molecular flexibility index (Phi) is 9.66. The van der Waals surface area contributed by atoms with Crippen LogP contribution in [0.2, 0.25) is 0 Å². The first-order valence-corrected chi connectivity index (χ1v) is 12.9. The van der Waals surface area contributed by atoms with Crippen LogP contribution in [0.25, 0.3) is 0 Å². The lowest BCUT2D eigenvalue weighted by Gasteiger charge is -2.37. The minimum atomic E-state index is 0.636. The highest BCUT2D eigenvalue weighted by Gasteiger charge is 2.30. The summed E-state index contributed by atoms with van der Waals surface area (Å²) in [6.07, 6.45) is 21.0. The molecule has 0 aromatic heterocycles. The molecule has 2 saturated carbocycles. The Morgan fingerprint density at radius 2 is 1.38 bits per heavy atom. The Labute approximate surface area is 181 Å². The number of hydrogen-bond acceptors (Lipinski definition) is 0. The first kappa shape index (κ1) is 22.5. The maximum Gasteiger partial charge on any atom is 0.0245 e. The second kappa shape index (κ2) is 12.5. The Bertz CT molecular complexity index is 612.